The SMILES string of the molecule is c1cnc2cc(-c3cnc4nc(-c5cnc6[nH]ncc6c5)[nH]c4c3)[nH]c2c1. The Labute approximate surface area is 151 Å². The van der Waals surface area contributed by atoms with Crippen molar-refractivity contribution in [2.24, 2.45) is 0 Å². The van der Waals surface area contributed by atoms with Gasteiger partial charge in [-0.2, -0.15) is 5.10 Å². The van der Waals surface area contributed by atoms with Crippen LogP contribution in [0.1, 0.15) is 0 Å². The van der Waals surface area contributed by atoms with Crippen molar-refractivity contribution >= 4 is 33.2 Å². The molecular formula is C19H12N8. The summed E-state index contributed by atoms with van der Waals surface area (Å²) in [5.41, 5.74) is 7.03. The van der Waals surface area contributed by atoms with Crippen LogP contribution in [0.15, 0.2) is 55.1 Å². The zero-order valence-electron chi connectivity index (χ0n) is 13.9. The summed E-state index contributed by atoms with van der Waals surface area (Å²) in [5.74, 6) is 0.726. The van der Waals surface area contributed by atoms with E-state index in [9.17, 15) is 0 Å². The maximum atomic E-state index is 4.59. The van der Waals surface area contributed by atoms with Crippen LogP contribution < -0.4 is 0 Å². The third-order valence-electron chi connectivity index (χ3n) is 4.60. The second-order valence-corrected chi connectivity index (χ2v) is 6.33. The molecule has 0 spiro atoms. The van der Waals surface area contributed by atoms with Crippen molar-refractivity contribution in [3.05, 3.63) is 55.1 Å². The molecule has 6 aromatic heterocycles. The Kier molecular flexibility index (Phi) is 2.73. The van der Waals surface area contributed by atoms with Gasteiger partial charge < -0.3 is 9.97 Å². The monoisotopic (exact) mass is 352 g/mol. The summed E-state index contributed by atoms with van der Waals surface area (Å²) in [4.78, 5) is 24.5. The molecule has 3 N–H and O–H groups in total. The van der Waals surface area contributed by atoms with Crippen LogP contribution >= 0.6 is 0 Å². The number of aromatic nitrogens is 8. The highest BCUT2D eigenvalue weighted by molar-refractivity contribution is 5.86. The quantitative estimate of drug-likeness (QED) is 0.442. The van der Waals surface area contributed by atoms with Crippen LogP contribution in [0.25, 0.3) is 55.9 Å². The van der Waals surface area contributed by atoms with Crippen molar-refractivity contribution in [1.29, 1.82) is 0 Å². The lowest BCUT2D eigenvalue weighted by Crippen LogP contribution is -1.83. The largest absolute Gasteiger partial charge is 0.353 e. The number of aromatic amines is 3. The predicted molar refractivity (Wildman–Crippen MR) is 102 cm³/mol. The molecule has 0 saturated carbocycles. The van der Waals surface area contributed by atoms with Crippen molar-refractivity contribution in [3.8, 4) is 22.6 Å². The van der Waals surface area contributed by atoms with Gasteiger partial charge in [0.1, 0.15) is 5.82 Å². The molecule has 0 amide bonds. The average molecular weight is 352 g/mol. The molecule has 6 aromatic rings. The van der Waals surface area contributed by atoms with E-state index in [-0.39, 0.29) is 0 Å². The minimum absolute atomic E-state index is 0.662. The second-order valence-electron chi connectivity index (χ2n) is 6.33. The van der Waals surface area contributed by atoms with E-state index in [4.69, 9.17) is 0 Å². The molecule has 128 valence electrons. The Morgan fingerprint density at radius 2 is 1.78 bits per heavy atom. The van der Waals surface area contributed by atoms with E-state index in [1.54, 1.807) is 18.6 Å². The van der Waals surface area contributed by atoms with Gasteiger partial charge in [-0.3, -0.25) is 10.1 Å². The number of H-pyrrole nitrogens is 3. The minimum Gasteiger partial charge on any atom is -0.353 e. The molecule has 0 fully saturated rings. The van der Waals surface area contributed by atoms with Crippen molar-refractivity contribution in [2.75, 3.05) is 0 Å². The van der Waals surface area contributed by atoms with Crippen LogP contribution in [0, 0.1) is 0 Å². The average Bonchev–Trinajstić information content (AvgIpc) is 3.42. The van der Waals surface area contributed by atoms with Gasteiger partial charge in [0.15, 0.2) is 11.3 Å². The first-order valence-corrected chi connectivity index (χ1v) is 8.43. The summed E-state index contributed by atoms with van der Waals surface area (Å²) in [6, 6.07) is 9.97. The van der Waals surface area contributed by atoms with Crippen LogP contribution in [0.2, 0.25) is 0 Å². The fraction of sp³-hybridized carbons (Fsp3) is 0. The summed E-state index contributed by atoms with van der Waals surface area (Å²) in [6.07, 6.45) is 7.11. The first-order valence-electron chi connectivity index (χ1n) is 8.43. The maximum Gasteiger partial charge on any atom is 0.178 e. The smallest absolute Gasteiger partial charge is 0.178 e. The highest BCUT2D eigenvalue weighted by atomic mass is 15.1. The molecule has 0 atom stereocenters. The number of imidazole rings is 1. The second kappa shape index (κ2) is 5.21. The van der Waals surface area contributed by atoms with Gasteiger partial charge in [-0.05, 0) is 30.3 Å². The third-order valence-corrected chi connectivity index (χ3v) is 4.60. The van der Waals surface area contributed by atoms with Gasteiger partial charge in [-0.25, -0.2) is 15.0 Å². The van der Waals surface area contributed by atoms with E-state index in [1.165, 1.54) is 0 Å². The fourth-order valence-corrected chi connectivity index (χ4v) is 3.26. The zero-order chi connectivity index (χ0) is 17.8. The van der Waals surface area contributed by atoms with Gasteiger partial charge in [-0.1, -0.05) is 0 Å². The topological polar surface area (TPSA) is 112 Å². The van der Waals surface area contributed by atoms with Gasteiger partial charge in [0.05, 0.1) is 22.7 Å². The summed E-state index contributed by atoms with van der Waals surface area (Å²) >= 11 is 0. The standard InChI is InChI=1S/C19H12N8/c1-2-13-15(20-3-1)6-14(24-13)10-5-16-19(22-7-10)26-18(25-16)11-4-12-9-23-27-17(12)21-8-11/h1-9,24H,(H,21,23,27)(H,22,25,26). The predicted octanol–water partition coefficient (Wildman–Crippen LogP) is 3.44. The molecule has 8 heteroatoms. The van der Waals surface area contributed by atoms with E-state index in [0.29, 0.717) is 5.65 Å². The lowest BCUT2D eigenvalue weighted by atomic mass is 10.2. The first kappa shape index (κ1) is 14.1. The Morgan fingerprint density at radius 1 is 0.815 bits per heavy atom. The number of nitrogens with one attached hydrogen (secondary N) is 3. The van der Waals surface area contributed by atoms with Gasteiger partial charge in [0.2, 0.25) is 0 Å². The van der Waals surface area contributed by atoms with Crippen LogP contribution in [0.4, 0.5) is 0 Å². The minimum atomic E-state index is 0.662. The molecule has 6 heterocycles. The molecule has 0 aliphatic carbocycles. The Hall–Kier alpha value is -4.07. The van der Waals surface area contributed by atoms with Gasteiger partial charge in [0.25, 0.3) is 0 Å². The third kappa shape index (κ3) is 2.20. The molecule has 0 aliphatic rings. The summed E-state index contributed by atoms with van der Waals surface area (Å²) < 4.78 is 0. The van der Waals surface area contributed by atoms with Crippen molar-refractivity contribution < 1.29 is 0 Å². The molecule has 27 heavy (non-hydrogen) atoms. The number of pyridine rings is 3. The number of hydrogen-bond donors (Lipinski definition) is 3. The number of rotatable bonds is 2. The molecule has 0 unspecified atom stereocenters. The molecule has 0 saturated heterocycles. The lowest BCUT2D eigenvalue weighted by molar-refractivity contribution is 1.10. The van der Waals surface area contributed by atoms with E-state index >= 15 is 0 Å². The molecular weight excluding hydrogens is 340 g/mol. The molecule has 8 nitrogen and oxygen atoms in total. The van der Waals surface area contributed by atoms with Gasteiger partial charge >= 0.3 is 0 Å². The van der Waals surface area contributed by atoms with E-state index in [2.05, 4.69) is 40.1 Å². The highest BCUT2D eigenvalue weighted by Crippen LogP contribution is 2.26. The number of nitrogens with zero attached hydrogens (tertiary/aromatic N) is 5. The molecule has 6 rings (SSSR count). The molecule has 0 bridgehead atoms. The zero-order valence-corrected chi connectivity index (χ0v) is 13.9. The van der Waals surface area contributed by atoms with Crippen molar-refractivity contribution in [3.63, 3.8) is 0 Å². The lowest BCUT2D eigenvalue weighted by Gasteiger charge is -1.96. The van der Waals surface area contributed by atoms with E-state index < -0.39 is 0 Å². The number of fused-ring (bicyclic) bond motifs is 3. The van der Waals surface area contributed by atoms with Crippen molar-refractivity contribution in [2.45, 2.75) is 0 Å². The van der Waals surface area contributed by atoms with Gasteiger partial charge in [0, 0.05) is 40.8 Å². The molecule has 0 aromatic carbocycles. The van der Waals surface area contributed by atoms with E-state index in [1.807, 2.05) is 36.5 Å². The van der Waals surface area contributed by atoms with Crippen LogP contribution in [0.3, 0.4) is 0 Å². The van der Waals surface area contributed by atoms with Crippen LogP contribution in [-0.2, 0) is 0 Å². The van der Waals surface area contributed by atoms with Crippen molar-refractivity contribution in [1.82, 2.24) is 40.1 Å². The van der Waals surface area contributed by atoms with E-state index in [0.717, 1.165) is 50.2 Å². The Morgan fingerprint density at radius 3 is 2.74 bits per heavy atom. The normalized spacial score (nSPS) is 11.7. The van der Waals surface area contributed by atoms with Crippen LogP contribution in [-0.4, -0.2) is 40.1 Å². The summed E-state index contributed by atoms with van der Waals surface area (Å²) in [5, 5.41) is 7.79. The maximum absolute atomic E-state index is 4.59. The first-order chi connectivity index (χ1) is 13.3. The number of hydrogen-bond acceptors (Lipinski definition) is 5. The van der Waals surface area contributed by atoms with Gasteiger partial charge in [-0.15, -0.1) is 0 Å². The molecule has 0 radical (unpaired) electrons. The fourth-order valence-electron chi connectivity index (χ4n) is 3.26. The Balaban J connectivity index is 1.46. The highest BCUT2D eigenvalue weighted by Gasteiger charge is 2.11. The summed E-state index contributed by atoms with van der Waals surface area (Å²) in [6.45, 7) is 0. The van der Waals surface area contributed by atoms with Crippen LogP contribution in [0.5, 0.6) is 0 Å². The Bertz CT molecular complexity index is 1410. The summed E-state index contributed by atoms with van der Waals surface area (Å²) in [7, 11) is 0. The molecule has 0 aliphatic heterocycles.